The average Bonchev–Trinajstić information content (AvgIpc) is 2.58. The maximum atomic E-state index is 12.6. The van der Waals surface area contributed by atoms with Gasteiger partial charge in [-0.25, -0.2) is 9.78 Å². The van der Waals surface area contributed by atoms with Crippen LogP contribution in [0, 0.1) is 0 Å². The molecular formula is C16H12F3NO4. The number of nitrogens with zero attached hydrogens (tertiary/aromatic N) is 1. The molecule has 126 valence electrons. The Morgan fingerprint density at radius 3 is 2.46 bits per heavy atom. The molecule has 2 aromatic rings. The molecule has 0 fully saturated rings. The minimum absolute atomic E-state index is 0.0522. The summed E-state index contributed by atoms with van der Waals surface area (Å²) in [5.41, 5.74) is -0.706. The standard InChI is InChI=1S/C16H12F3NO4/c1-23-15(22)14(21)11-6-3-2-5-10(11)9-24-13-8-4-7-12(20-13)16(17,18)19/h2-8H,9H2,1H3. The van der Waals surface area contributed by atoms with E-state index in [4.69, 9.17) is 4.74 Å². The Kier molecular flexibility index (Phi) is 5.18. The first-order chi connectivity index (χ1) is 11.3. The smallest absolute Gasteiger partial charge is 0.433 e. The van der Waals surface area contributed by atoms with Gasteiger partial charge in [0.05, 0.1) is 7.11 Å². The van der Waals surface area contributed by atoms with Crippen LogP contribution in [0.5, 0.6) is 5.88 Å². The van der Waals surface area contributed by atoms with Crippen LogP contribution in [0.4, 0.5) is 13.2 Å². The second-order valence-corrected chi connectivity index (χ2v) is 4.63. The molecule has 0 aliphatic carbocycles. The molecular weight excluding hydrogens is 327 g/mol. The van der Waals surface area contributed by atoms with Crippen molar-refractivity contribution in [2.24, 2.45) is 0 Å². The summed E-state index contributed by atoms with van der Waals surface area (Å²) in [6, 6.07) is 9.31. The molecule has 0 saturated heterocycles. The van der Waals surface area contributed by atoms with Gasteiger partial charge in [-0.3, -0.25) is 4.79 Å². The van der Waals surface area contributed by atoms with E-state index in [-0.39, 0.29) is 18.1 Å². The fourth-order valence-corrected chi connectivity index (χ4v) is 1.88. The number of ketones is 1. The molecule has 0 radical (unpaired) electrons. The van der Waals surface area contributed by atoms with Gasteiger partial charge in [0, 0.05) is 17.2 Å². The number of Topliss-reactive ketones (excluding diaryl/α,β-unsaturated/α-hetero) is 1. The van der Waals surface area contributed by atoms with Gasteiger partial charge < -0.3 is 9.47 Å². The van der Waals surface area contributed by atoms with Crippen LogP contribution in [0.2, 0.25) is 0 Å². The summed E-state index contributed by atoms with van der Waals surface area (Å²) in [5.74, 6) is -2.15. The molecule has 24 heavy (non-hydrogen) atoms. The van der Waals surface area contributed by atoms with Crippen LogP contribution in [0.15, 0.2) is 42.5 Å². The van der Waals surface area contributed by atoms with Gasteiger partial charge in [0.25, 0.3) is 5.78 Å². The van der Waals surface area contributed by atoms with Crippen molar-refractivity contribution >= 4 is 11.8 Å². The predicted molar refractivity (Wildman–Crippen MR) is 76.4 cm³/mol. The van der Waals surface area contributed by atoms with Crippen molar-refractivity contribution in [2.75, 3.05) is 7.11 Å². The summed E-state index contributed by atoms with van der Waals surface area (Å²) in [7, 11) is 1.08. The highest BCUT2D eigenvalue weighted by Crippen LogP contribution is 2.28. The van der Waals surface area contributed by atoms with Gasteiger partial charge in [0.1, 0.15) is 12.3 Å². The Labute approximate surface area is 135 Å². The zero-order valence-corrected chi connectivity index (χ0v) is 12.5. The predicted octanol–water partition coefficient (Wildman–Crippen LogP) is 3.04. The molecule has 1 aromatic carbocycles. The lowest BCUT2D eigenvalue weighted by Gasteiger charge is -2.11. The Morgan fingerprint density at radius 2 is 1.79 bits per heavy atom. The van der Waals surface area contributed by atoms with Gasteiger partial charge in [-0.05, 0) is 6.07 Å². The second-order valence-electron chi connectivity index (χ2n) is 4.63. The van der Waals surface area contributed by atoms with E-state index in [1.54, 1.807) is 12.1 Å². The van der Waals surface area contributed by atoms with E-state index in [1.807, 2.05) is 0 Å². The van der Waals surface area contributed by atoms with E-state index < -0.39 is 23.6 Å². The van der Waals surface area contributed by atoms with Crippen molar-refractivity contribution in [3.63, 3.8) is 0 Å². The lowest BCUT2D eigenvalue weighted by molar-refractivity contribution is -0.141. The van der Waals surface area contributed by atoms with Gasteiger partial charge in [0.2, 0.25) is 5.88 Å². The minimum atomic E-state index is -4.59. The summed E-state index contributed by atoms with van der Waals surface area (Å²) in [5, 5.41) is 0. The van der Waals surface area contributed by atoms with Gasteiger partial charge in [-0.2, -0.15) is 13.2 Å². The molecule has 0 atom stereocenters. The molecule has 1 aromatic heterocycles. The van der Waals surface area contributed by atoms with Crippen molar-refractivity contribution in [2.45, 2.75) is 12.8 Å². The Morgan fingerprint density at radius 1 is 1.08 bits per heavy atom. The number of aromatic nitrogens is 1. The van der Waals surface area contributed by atoms with Crippen LogP contribution < -0.4 is 4.74 Å². The van der Waals surface area contributed by atoms with Crippen LogP contribution >= 0.6 is 0 Å². The van der Waals surface area contributed by atoms with Crippen LogP contribution in [-0.4, -0.2) is 23.8 Å². The molecule has 0 amide bonds. The van der Waals surface area contributed by atoms with Crippen molar-refractivity contribution in [1.82, 2.24) is 4.98 Å². The van der Waals surface area contributed by atoms with Gasteiger partial charge in [-0.15, -0.1) is 0 Å². The number of rotatable bonds is 5. The molecule has 2 rings (SSSR count). The number of esters is 1. The fraction of sp³-hybridized carbons (Fsp3) is 0.188. The molecule has 0 aliphatic heterocycles. The molecule has 0 unspecified atom stereocenters. The number of alkyl halides is 3. The molecule has 0 N–H and O–H groups in total. The summed E-state index contributed by atoms with van der Waals surface area (Å²) >= 11 is 0. The van der Waals surface area contributed by atoms with Crippen LogP contribution in [0.25, 0.3) is 0 Å². The molecule has 1 heterocycles. The minimum Gasteiger partial charge on any atom is -0.473 e. The van der Waals surface area contributed by atoms with Crippen molar-refractivity contribution < 1.29 is 32.2 Å². The summed E-state index contributed by atoms with van der Waals surface area (Å²) in [6.45, 7) is -0.229. The van der Waals surface area contributed by atoms with E-state index in [0.717, 1.165) is 19.2 Å². The highest BCUT2D eigenvalue weighted by Gasteiger charge is 2.32. The fourth-order valence-electron chi connectivity index (χ4n) is 1.88. The topological polar surface area (TPSA) is 65.5 Å². The number of carbonyl (C=O) groups is 2. The highest BCUT2D eigenvalue weighted by atomic mass is 19.4. The number of hydrogen-bond acceptors (Lipinski definition) is 5. The quantitative estimate of drug-likeness (QED) is 0.476. The summed E-state index contributed by atoms with van der Waals surface area (Å²) < 4.78 is 47.4. The normalized spacial score (nSPS) is 11.0. The SMILES string of the molecule is COC(=O)C(=O)c1ccccc1COc1cccc(C(F)(F)F)n1. The Hall–Kier alpha value is -2.90. The Bertz CT molecular complexity index is 759. The third-order valence-electron chi connectivity index (χ3n) is 3.02. The van der Waals surface area contributed by atoms with E-state index in [9.17, 15) is 22.8 Å². The summed E-state index contributed by atoms with van der Waals surface area (Å²) in [6.07, 6.45) is -4.59. The molecule has 0 aliphatic rings. The number of halogens is 3. The third kappa shape index (κ3) is 4.09. The van der Waals surface area contributed by atoms with Crippen molar-refractivity contribution in [1.29, 1.82) is 0 Å². The number of pyridine rings is 1. The first-order valence-corrected chi connectivity index (χ1v) is 6.70. The first kappa shape index (κ1) is 17.5. The first-order valence-electron chi connectivity index (χ1n) is 6.70. The van der Waals surface area contributed by atoms with E-state index in [2.05, 4.69) is 9.72 Å². The second kappa shape index (κ2) is 7.12. The monoisotopic (exact) mass is 339 g/mol. The van der Waals surface area contributed by atoms with Crippen LogP contribution in [0.3, 0.4) is 0 Å². The number of ether oxygens (including phenoxy) is 2. The van der Waals surface area contributed by atoms with Crippen molar-refractivity contribution in [3.8, 4) is 5.88 Å². The van der Waals surface area contributed by atoms with Gasteiger partial charge in [0.15, 0.2) is 0 Å². The van der Waals surface area contributed by atoms with Crippen molar-refractivity contribution in [3.05, 3.63) is 59.3 Å². The molecule has 0 saturated carbocycles. The number of carbonyl (C=O) groups excluding carboxylic acids is 2. The summed E-state index contributed by atoms with van der Waals surface area (Å²) in [4.78, 5) is 26.6. The number of benzene rings is 1. The zero-order valence-electron chi connectivity index (χ0n) is 12.5. The van der Waals surface area contributed by atoms with Gasteiger partial charge in [-0.1, -0.05) is 30.3 Å². The molecule has 0 spiro atoms. The largest absolute Gasteiger partial charge is 0.473 e. The average molecular weight is 339 g/mol. The van der Waals surface area contributed by atoms with Crippen LogP contribution in [-0.2, 0) is 22.3 Å². The van der Waals surface area contributed by atoms with Crippen LogP contribution in [0.1, 0.15) is 21.6 Å². The zero-order chi connectivity index (χ0) is 17.7. The van der Waals surface area contributed by atoms with E-state index in [1.165, 1.54) is 18.2 Å². The third-order valence-corrected chi connectivity index (χ3v) is 3.02. The Balaban J connectivity index is 2.19. The highest BCUT2D eigenvalue weighted by molar-refractivity contribution is 6.40. The number of hydrogen-bond donors (Lipinski definition) is 0. The van der Waals surface area contributed by atoms with E-state index in [0.29, 0.717) is 5.56 Å². The maximum absolute atomic E-state index is 12.6. The molecule has 8 heteroatoms. The lowest BCUT2D eigenvalue weighted by Crippen LogP contribution is -2.18. The van der Waals surface area contributed by atoms with E-state index >= 15 is 0 Å². The van der Waals surface area contributed by atoms with Gasteiger partial charge >= 0.3 is 12.1 Å². The lowest BCUT2D eigenvalue weighted by atomic mass is 10.0. The molecule has 5 nitrogen and oxygen atoms in total. The molecule has 0 bridgehead atoms. The maximum Gasteiger partial charge on any atom is 0.433 e. The number of methoxy groups -OCH3 is 1.